The Morgan fingerprint density at radius 2 is 1.26 bits per heavy atom. The number of carbonyl (C=O) groups is 2. The monoisotopic (exact) mass is 498 g/mol. The van der Waals surface area contributed by atoms with Gasteiger partial charge in [0.15, 0.2) is 46.9 Å². The van der Waals surface area contributed by atoms with Gasteiger partial charge in [-0.1, -0.05) is 0 Å². The Morgan fingerprint density at radius 3 is 1.71 bits per heavy atom. The molecule has 3 rings (SSSR count). The predicted molar refractivity (Wildman–Crippen MR) is 110 cm³/mol. The summed E-state index contributed by atoms with van der Waals surface area (Å²) in [7, 11) is 1.15. The summed E-state index contributed by atoms with van der Waals surface area (Å²) in [5, 5.41) is 77.8. The average molecular weight is 498 g/mol. The van der Waals surface area contributed by atoms with Gasteiger partial charge in [0, 0.05) is 7.11 Å². The fourth-order valence-corrected chi connectivity index (χ4v) is 3.26. The number of esters is 2. The number of phenols is 6. The molecule has 2 aromatic carbocycles. The zero-order valence-corrected chi connectivity index (χ0v) is 17.9. The first kappa shape index (κ1) is 25.6. The molecule has 14 heteroatoms. The molecule has 5 atom stereocenters. The van der Waals surface area contributed by atoms with Crippen molar-refractivity contribution < 1.29 is 69.4 Å². The van der Waals surface area contributed by atoms with Gasteiger partial charge in [0.1, 0.15) is 24.9 Å². The molecular formula is C21H22O14. The van der Waals surface area contributed by atoms with Crippen LogP contribution in [0.4, 0.5) is 0 Å². The topological polar surface area (TPSA) is 233 Å². The van der Waals surface area contributed by atoms with E-state index < -0.39 is 89.3 Å². The zero-order chi connectivity index (χ0) is 26.0. The number of aliphatic hydroxyl groups is 2. The Labute approximate surface area is 196 Å². The molecule has 8 N–H and O–H groups in total. The minimum Gasteiger partial charge on any atom is -0.504 e. The van der Waals surface area contributed by atoms with Crippen LogP contribution in [0.1, 0.15) is 20.7 Å². The Balaban J connectivity index is 1.80. The second-order valence-corrected chi connectivity index (χ2v) is 7.45. The van der Waals surface area contributed by atoms with Crippen molar-refractivity contribution in [3.05, 3.63) is 35.4 Å². The van der Waals surface area contributed by atoms with E-state index in [0.717, 1.165) is 31.4 Å². The van der Waals surface area contributed by atoms with E-state index in [1.165, 1.54) is 0 Å². The lowest BCUT2D eigenvalue weighted by Crippen LogP contribution is -2.60. The fraction of sp³-hybridized carbons (Fsp3) is 0.333. The first-order valence-corrected chi connectivity index (χ1v) is 9.87. The van der Waals surface area contributed by atoms with Gasteiger partial charge in [-0.15, -0.1) is 0 Å². The summed E-state index contributed by atoms with van der Waals surface area (Å²) in [6.45, 7) is -0.686. The molecule has 0 aliphatic carbocycles. The second-order valence-electron chi connectivity index (χ2n) is 7.45. The number of rotatable bonds is 6. The molecule has 0 amide bonds. The number of carbonyl (C=O) groups excluding carboxylic acids is 2. The van der Waals surface area contributed by atoms with Gasteiger partial charge in [0.05, 0.1) is 11.1 Å². The third kappa shape index (κ3) is 5.25. The molecule has 1 aliphatic rings. The number of methoxy groups -OCH3 is 1. The Bertz CT molecular complexity index is 1070. The van der Waals surface area contributed by atoms with Gasteiger partial charge in [-0.05, 0) is 24.3 Å². The van der Waals surface area contributed by atoms with Crippen LogP contribution in [-0.2, 0) is 18.9 Å². The number of benzene rings is 2. The molecule has 0 aromatic heterocycles. The predicted octanol–water partition coefficient (Wildman–Crippen LogP) is -0.604. The van der Waals surface area contributed by atoms with Crippen molar-refractivity contribution in [2.45, 2.75) is 30.7 Å². The number of aliphatic hydroxyl groups excluding tert-OH is 2. The minimum atomic E-state index is -1.80. The minimum absolute atomic E-state index is 0.360. The lowest BCUT2D eigenvalue weighted by molar-refractivity contribution is -0.293. The van der Waals surface area contributed by atoms with Crippen LogP contribution in [-0.4, -0.2) is 97.2 Å². The number of phenolic OH excluding ortho intramolecular Hbond substituents is 6. The van der Waals surface area contributed by atoms with E-state index in [1.54, 1.807) is 0 Å². The first-order valence-electron chi connectivity index (χ1n) is 9.87. The summed E-state index contributed by atoms with van der Waals surface area (Å²) in [6, 6.07) is 3.19. The molecule has 1 saturated heterocycles. The number of hydrogen-bond acceptors (Lipinski definition) is 14. The average Bonchev–Trinajstić information content (AvgIpc) is 2.82. The van der Waals surface area contributed by atoms with Gasteiger partial charge in [-0.25, -0.2) is 9.59 Å². The highest BCUT2D eigenvalue weighted by molar-refractivity contribution is 5.92. The van der Waals surface area contributed by atoms with Crippen LogP contribution in [0.2, 0.25) is 0 Å². The maximum absolute atomic E-state index is 12.6. The van der Waals surface area contributed by atoms with Crippen molar-refractivity contribution in [2.75, 3.05) is 13.7 Å². The molecular weight excluding hydrogens is 476 g/mol. The normalized spacial score (nSPS) is 24.0. The van der Waals surface area contributed by atoms with Crippen LogP contribution in [0.25, 0.3) is 0 Å². The van der Waals surface area contributed by atoms with Crippen LogP contribution in [0, 0.1) is 0 Å². The van der Waals surface area contributed by atoms with Crippen LogP contribution in [0.15, 0.2) is 24.3 Å². The molecule has 1 fully saturated rings. The third-order valence-corrected chi connectivity index (χ3v) is 5.11. The van der Waals surface area contributed by atoms with Crippen LogP contribution >= 0.6 is 0 Å². The molecule has 35 heavy (non-hydrogen) atoms. The molecule has 0 unspecified atom stereocenters. The van der Waals surface area contributed by atoms with Crippen LogP contribution in [0.3, 0.4) is 0 Å². The summed E-state index contributed by atoms with van der Waals surface area (Å²) in [5.41, 5.74) is -0.791. The Hall–Kier alpha value is -3.98. The van der Waals surface area contributed by atoms with Crippen LogP contribution < -0.4 is 0 Å². The summed E-state index contributed by atoms with van der Waals surface area (Å²) in [4.78, 5) is 24.9. The summed E-state index contributed by atoms with van der Waals surface area (Å²) in [5.74, 6) is -7.30. The number of hydrogen-bond donors (Lipinski definition) is 8. The third-order valence-electron chi connectivity index (χ3n) is 5.11. The van der Waals surface area contributed by atoms with Gasteiger partial charge in [0.25, 0.3) is 0 Å². The van der Waals surface area contributed by atoms with Gasteiger partial charge in [-0.3, -0.25) is 0 Å². The van der Waals surface area contributed by atoms with Crippen molar-refractivity contribution in [3.8, 4) is 34.5 Å². The van der Waals surface area contributed by atoms with Gasteiger partial charge < -0.3 is 59.8 Å². The standard InChI is InChI=1S/C21H22O14/c1-32-21-17(29)16(28)18(35-20(31)8-4-11(24)15(27)12(25)5-8)13(34-21)6-33-19(30)7-2-9(22)14(26)10(23)3-7/h2-5,13,16-18,21-29H,6H2,1H3/t13-,16-,17-,18-,21-/m1/s1. The largest absolute Gasteiger partial charge is 0.504 e. The lowest BCUT2D eigenvalue weighted by Gasteiger charge is -2.41. The highest BCUT2D eigenvalue weighted by Gasteiger charge is 2.47. The fourth-order valence-electron chi connectivity index (χ4n) is 3.26. The summed E-state index contributed by atoms with van der Waals surface area (Å²) < 4.78 is 20.6. The van der Waals surface area contributed by atoms with E-state index in [4.69, 9.17) is 18.9 Å². The maximum Gasteiger partial charge on any atom is 0.338 e. The highest BCUT2D eigenvalue weighted by atomic mass is 16.7. The molecule has 0 saturated carbocycles. The van der Waals surface area contributed by atoms with E-state index >= 15 is 0 Å². The summed E-state index contributed by atoms with van der Waals surface area (Å²) >= 11 is 0. The van der Waals surface area contributed by atoms with Crippen molar-refractivity contribution in [3.63, 3.8) is 0 Å². The Morgan fingerprint density at radius 1 is 0.800 bits per heavy atom. The van der Waals surface area contributed by atoms with Crippen molar-refractivity contribution in [1.29, 1.82) is 0 Å². The second kappa shape index (κ2) is 10.1. The zero-order valence-electron chi connectivity index (χ0n) is 17.9. The van der Waals surface area contributed by atoms with E-state index in [2.05, 4.69) is 0 Å². The molecule has 14 nitrogen and oxygen atoms in total. The lowest BCUT2D eigenvalue weighted by atomic mass is 9.98. The number of ether oxygens (including phenoxy) is 4. The van der Waals surface area contributed by atoms with E-state index in [9.17, 15) is 50.4 Å². The molecule has 1 aliphatic heterocycles. The number of aromatic hydroxyl groups is 6. The highest BCUT2D eigenvalue weighted by Crippen LogP contribution is 2.37. The van der Waals surface area contributed by atoms with Gasteiger partial charge in [-0.2, -0.15) is 0 Å². The molecule has 190 valence electrons. The summed E-state index contributed by atoms with van der Waals surface area (Å²) in [6.07, 6.45) is -7.98. The smallest absolute Gasteiger partial charge is 0.338 e. The first-order chi connectivity index (χ1) is 16.4. The van der Waals surface area contributed by atoms with Gasteiger partial charge >= 0.3 is 11.9 Å². The van der Waals surface area contributed by atoms with E-state index in [1.807, 2.05) is 0 Å². The van der Waals surface area contributed by atoms with Crippen molar-refractivity contribution >= 4 is 11.9 Å². The van der Waals surface area contributed by atoms with Crippen molar-refractivity contribution in [2.24, 2.45) is 0 Å². The Kier molecular flexibility index (Phi) is 7.40. The van der Waals surface area contributed by atoms with E-state index in [-0.39, 0.29) is 5.56 Å². The van der Waals surface area contributed by atoms with Crippen LogP contribution in [0.5, 0.6) is 34.5 Å². The molecule has 0 bridgehead atoms. The van der Waals surface area contributed by atoms with E-state index in [0.29, 0.717) is 0 Å². The molecule has 1 heterocycles. The van der Waals surface area contributed by atoms with Gasteiger partial charge in [0.2, 0.25) is 0 Å². The molecule has 0 spiro atoms. The SMILES string of the molecule is CO[C@@H]1O[C@H](COC(=O)c2cc(O)c(O)c(O)c2)[C@@H](OC(=O)c2cc(O)c(O)c(O)c2)[C@H](O)[C@H]1O. The molecule has 2 aromatic rings. The molecule has 0 radical (unpaired) electrons. The van der Waals surface area contributed by atoms with Crippen molar-refractivity contribution in [1.82, 2.24) is 0 Å². The maximum atomic E-state index is 12.6. The quantitative estimate of drug-likeness (QED) is 0.183.